The lowest BCUT2D eigenvalue weighted by molar-refractivity contribution is -0.130. The molecule has 0 spiro atoms. The first kappa shape index (κ1) is 14.1. The van der Waals surface area contributed by atoms with Crippen molar-refractivity contribution < 1.29 is 13.2 Å². The highest BCUT2D eigenvalue weighted by atomic mass is 28.3. The molecule has 0 aromatic carbocycles. The normalized spacial score (nSPS) is 14.1. The van der Waals surface area contributed by atoms with E-state index in [1.165, 1.54) is 0 Å². The first-order valence-electron chi connectivity index (χ1n) is 4.73. The first-order chi connectivity index (χ1) is 6.27. The molecule has 0 saturated heterocycles. The molecule has 0 unspecified atom stereocenters. The molecule has 0 atom stereocenters. The molecule has 0 saturated carbocycles. The summed E-state index contributed by atoms with van der Waals surface area (Å²) in [7, 11) is -0.255. The first-order valence-corrected chi connectivity index (χ1v) is 9.65. The van der Waals surface area contributed by atoms with Gasteiger partial charge in [-0.2, -0.15) is 13.2 Å². The molecular formula is C7H19F3N2Si2. The van der Waals surface area contributed by atoms with Gasteiger partial charge in [-0.15, -0.1) is 0 Å². The molecule has 0 rings (SSSR count). The van der Waals surface area contributed by atoms with Crippen molar-refractivity contribution in [1.29, 1.82) is 0 Å². The maximum Gasteiger partial charge on any atom is 0.388 e. The molecule has 0 aliphatic carbocycles. The van der Waals surface area contributed by atoms with Crippen LogP contribution in [0, 0.1) is 0 Å². The summed E-state index contributed by atoms with van der Waals surface area (Å²) in [5.41, 5.74) is 0. The van der Waals surface area contributed by atoms with E-state index >= 15 is 0 Å². The van der Waals surface area contributed by atoms with Gasteiger partial charge in [-0.05, 0) is 19.3 Å². The van der Waals surface area contributed by atoms with E-state index in [0.29, 0.717) is 0 Å². The fourth-order valence-electron chi connectivity index (χ4n) is 1.07. The Kier molecular flexibility index (Phi) is 5.95. The van der Waals surface area contributed by atoms with Crippen LogP contribution in [-0.4, -0.2) is 37.3 Å². The minimum atomic E-state index is -4.01. The Balaban J connectivity index is 3.72. The van der Waals surface area contributed by atoms with Gasteiger partial charge in [-0.25, -0.2) is 0 Å². The minimum Gasteiger partial charge on any atom is -0.344 e. The van der Waals surface area contributed by atoms with Crippen LogP contribution in [0.3, 0.4) is 0 Å². The van der Waals surface area contributed by atoms with Crippen LogP contribution in [-0.2, 0) is 0 Å². The Hall–Kier alpha value is 0.144. The van der Waals surface area contributed by atoms with Gasteiger partial charge in [0.1, 0.15) is 17.9 Å². The lowest BCUT2D eigenvalue weighted by atomic mass is 10.5. The van der Waals surface area contributed by atoms with Gasteiger partial charge in [0, 0.05) is 6.42 Å². The number of alkyl halides is 3. The zero-order valence-corrected chi connectivity index (χ0v) is 11.4. The number of halogens is 3. The second-order valence-electron chi connectivity index (χ2n) is 4.03. The molecule has 86 valence electrons. The molecule has 0 radical (unpaired) electrons. The second kappa shape index (κ2) is 5.89. The van der Waals surface area contributed by atoms with Gasteiger partial charge in [0.25, 0.3) is 0 Å². The third-order valence-corrected chi connectivity index (χ3v) is 6.22. The zero-order chi connectivity index (χ0) is 11.2. The van der Waals surface area contributed by atoms with E-state index in [4.69, 9.17) is 0 Å². The SMILES string of the molecule is CN[SiH2]CN[Si](C)(C)CCC(F)(F)F. The summed E-state index contributed by atoms with van der Waals surface area (Å²) in [6, 6.07) is 0.272. The summed E-state index contributed by atoms with van der Waals surface area (Å²) in [5.74, 6) is 0. The number of hydrogen-bond donors (Lipinski definition) is 2. The van der Waals surface area contributed by atoms with E-state index < -0.39 is 20.8 Å². The van der Waals surface area contributed by atoms with Crippen molar-refractivity contribution in [2.75, 3.05) is 13.2 Å². The van der Waals surface area contributed by atoms with Gasteiger partial charge in [-0.1, -0.05) is 13.1 Å². The Bertz CT molecular complexity index is 162. The minimum absolute atomic E-state index is 0.272. The fourth-order valence-corrected chi connectivity index (χ4v) is 5.61. The average Bonchev–Trinajstić information content (AvgIpc) is 2.00. The van der Waals surface area contributed by atoms with Gasteiger partial charge in [0.2, 0.25) is 0 Å². The van der Waals surface area contributed by atoms with Gasteiger partial charge in [0.15, 0.2) is 0 Å². The van der Waals surface area contributed by atoms with Crippen molar-refractivity contribution in [3.8, 4) is 0 Å². The topological polar surface area (TPSA) is 24.1 Å². The third kappa shape index (κ3) is 8.73. The van der Waals surface area contributed by atoms with Crippen LogP contribution in [0.2, 0.25) is 19.1 Å². The van der Waals surface area contributed by atoms with E-state index in [1.54, 1.807) is 0 Å². The summed E-state index contributed by atoms with van der Waals surface area (Å²) in [4.78, 5) is 6.36. The van der Waals surface area contributed by atoms with Gasteiger partial charge in [-0.3, -0.25) is 0 Å². The molecule has 7 heteroatoms. The summed E-state index contributed by atoms with van der Waals surface area (Å²) >= 11 is 0. The van der Waals surface area contributed by atoms with Crippen LogP contribution in [0.5, 0.6) is 0 Å². The lowest BCUT2D eigenvalue weighted by Gasteiger charge is -2.24. The molecule has 0 aromatic rings. The lowest BCUT2D eigenvalue weighted by Crippen LogP contribution is -2.48. The maximum atomic E-state index is 12.0. The van der Waals surface area contributed by atoms with E-state index in [9.17, 15) is 13.2 Å². The Morgan fingerprint density at radius 2 is 1.86 bits per heavy atom. The zero-order valence-electron chi connectivity index (χ0n) is 8.96. The van der Waals surface area contributed by atoms with Crippen molar-refractivity contribution in [3.05, 3.63) is 0 Å². The monoisotopic (exact) mass is 244 g/mol. The van der Waals surface area contributed by atoms with Crippen molar-refractivity contribution >= 4 is 17.9 Å². The molecule has 0 heterocycles. The van der Waals surface area contributed by atoms with Gasteiger partial charge >= 0.3 is 6.18 Å². The molecule has 2 N–H and O–H groups in total. The van der Waals surface area contributed by atoms with Gasteiger partial charge in [0.05, 0.1) is 0 Å². The molecule has 0 aromatic heterocycles. The predicted octanol–water partition coefficient (Wildman–Crippen LogP) is 0.994. The van der Waals surface area contributed by atoms with E-state index in [2.05, 4.69) is 9.96 Å². The van der Waals surface area contributed by atoms with Crippen LogP contribution in [0.1, 0.15) is 6.42 Å². The number of rotatable bonds is 6. The quantitative estimate of drug-likeness (QED) is 0.538. The number of nitrogens with one attached hydrogen (secondary N) is 2. The highest BCUT2D eigenvalue weighted by Gasteiger charge is 2.31. The molecular weight excluding hydrogens is 225 g/mol. The summed E-state index contributed by atoms with van der Waals surface area (Å²) < 4.78 is 35.9. The van der Waals surface area contributed by atoms with Crippen LogP contribution in [0.25, 0.3) is 0 Å². The number of hydrogen-bond acceptors (Lipinski definition) is 2. The average molecular weight is 244 g/mol. The van der Waals surface area contributed by atoms with Crippen LogP contribution in [0.15, 0.2) is 0 Å². The predicted molar refractivity (Wildman–Crippen MR) is 58.6 cm³/mol. The fraction of sp³-hybridized carbons (Fsp3) is 1.00. The van der Waals surface area contributed by atoms with Crippen molar-refractivity contribution in [2.24, 2.45) is 0 Å². The van der Waals surface area contributed by atoms with Crippen molar-refractivity contribution in [3.63, 3.8) is 0 Å². The Labute approximate surface area is 86.6 Å². The van der Waals surface area contributed by atoms with Crippen molar-refractivity contribution in [1.82, 2.24) is 9.96 Å². The molecule has 14 heavy (non-hydrogen) atoms. The standard InChI is InChI=1S/C7H19F3N2Si2/c1-11-13-6-12-14(2,3)5-4-7(8,9)10/h11-12H,4-6,13H2,1-3H3. The molecule has 2 nitrogen and oxygen atoms in total. The van der Waals surface area contributed by atoms with E-state index in [-0.39, 0.29) is 15.7 Å². The second-order valence-corrected chi connectivity index (χ2v) is 10.4. The largest absolute Gasteiger partial charge is 0.388 e. The van der Waals surface area contributed by atoms with Crippen LogP contribution in [0.4, 0.5) is 13.2 Å². The Morgan fingerprint density at radius 1 is 1.29 bits per heavy atom. The summed E-state index contributed by atoms with van der Waals surface area (Å²) in [6.45, 7) is 3.89. The highest BCUT2D eigenvalue weighted by molar-refractivity contribution is 6.75. The summed E-state index contributed by atoms with van der Waals surface area (Å²) in [5, 5.41) is 0. The highest BCUT2D eigenvalue weighted by Crippen LogP contribution is 2.24. The molecule has 0 bridgehead atoms. The maximum absolute atomic E-state index is 12.0. The summed E-state index contributed by atoms with van der Waals surface area (Å²) in [6.07, 6.45) is -3.78. The van der Waals surface area contributed by atoms with Gasteiger partial charge < -0.3 is 9.96 Å². The van der Waals surface area contributed by atoms with Crippen LogP contribution < -0.4 is 9.96 Å². The smallest absolute Gasteiger partial charge is 0.344 e. The third-order valence-electron chi connectivity index (χ3n) is 2.01. The Morgan fingerprint density at radius 3 is 2.29 bits per heavy atom. The van der Waals surface area contributed by atoms with E-state index in [0.717, 1.165) is 6.17 Å². The van der Waals surface area contributed by atoms with Crippen LogP contribution >= 0.6 is 0 Å². The molecule has 0 aliphatic heterocycles. The molecule has 0 fully saturated rings. The molecule has 0 amide bonds. The molecule has 0 aliphatic rings. The van der Waals surface area contributed by atoms with Crippen molar-refractivity contribution in [2.45, 2.75) is 31.7 Å². The van der Waals surface area contributed by atoms with E-state index in [1.807, 2.05) is 20.1 Å².